The molecule has 0 saturated carbocycles. The predicted molar refractivity (Wildman–Crippen MR) is 84.8 cm³/mol. The van der Waals surface area contributed by atoms with Crippen molar-refractivity contribution < 1.29 is 0 Å². The maximum Gasteiger partial charge on any atom is 0.0343 e. The molecule has 3 aromatic carbocycles. The Kier molecular flexibility index (Phi) is 3.23. The molecule has 0 N–H and O–H groups in total. The van der Waals surface area contributed by atoms with Crippen LogP contribution in [0.15, 0.2) is 69.6 Å². The van der Waals surface area contributed by atoms with Gasteiger partial charge in [0.25, 0.3) is 0 Å². The second-order valence-electron chi connectivity index (χ2n) is 4.13. The van der Waals surface area contributed by atoms with E-state index in [1.165, 1.54) is 21.9 Å². The molecule has 3 aromatic rings. The van der Waals surface area contributed by atoms with Crippen LogP contribution in [0.1, 0.15) is 0 Å². The molecule has 0 aliphatic heterocycles. The van der Waals surface area contributed by atoms with Crippen molar-refractivity contribution >= 4 is 42.6 Å². The summed E-state index contributed by atoms with van der Waals surface area (Å²) < 4.78 is 2.25. The van der Waals surface area contributed by atoms with E-state index >= 15 is 0 Å². The van der Waals surface area contributed by atoms with Crippen LogP contribution in [0.2, 0.25) is 0 Å². The number of benzene rings is 3. The maximum absolute atomic E-state index is 3.74. The quantitative estimate of drug-likeness (QED) is 0.496. The Balaban J connectivity index is 2.37. The van der Waals surface area contributed by atoms with Crippen molar-refractivity contribution in [2.75, 3.05) is 0 Å². The summed E-state index contributed by atoms with van der Waals surface area (Å²) in [7, 11) is 0. The largest absolute Gasteiger partial charge is 0.0622 e. The third-order valence-corrected chi connectivity index (χ3v) is 4.45. The lowest BCUT2D eigenvalue weighted by Gasteiger charge is -2.11. The van der Waals surface area contributed by atoms with Gasteiger partial charge in [-0.15, -0.1) is 0 Å². The summed E-state index contributed by atoms with van der Waals surface area (Å²) in [4.78, 5) is 0. The van der Waals surface area contributed by atoms with E-state index in [4.69, 9.17) is 0 Å². The fraction of sp³-hybridized carbons (Fsp3) is 0. The average Bonchev–Trinajstić information content (AvgIpc) is 2.40. The lowest BCUT2D eigenvalue weighted by molar-refractivity contribution is 1.59. The van der Waals surface area contributed by atoms with Crippen molar-refractivity contribution in [3.8, 4) is 11.1 Å². The first kappa shape index (κ1) is 11.9. The Morgan fingerprint density at radius 1 is 0.722 bits per heavy atom. The molecule has 0 bridgehead atoms. The van der Waals surface area contributed by atoms with E-state index in [1.54, 1.807) is 0 Å². The zero-order chi connectivity index (χ0) is 12.5. The molecule has 0 aliphatic rings. The number of halogens is 2. The van der Waals surface area contributed by atoms with Crippen molar-refractivity contribution in [1.82, 2.24) is 0 Å². The highest BCUT2D eigenvalue weighted by atomic mass is 79.9. The van der Waals surface area contributed by atoms with Crippen molar-refractivity contribution in [2.45, 2.75) is 0 Å². The van der Waals surface area contributed by atoms with Crippen molar-refractivity contribution in [3.63, 3.8) is 0 Å². The smallest absolute Gasteiger partial charge is 0.0343 e. The average molecular weight is 362 g/mol. The molecular weight excluding hydrogens is 352 g/mol. The SMILES string of the molecule is Brc1cc2ccccc2c(Br)c1-c1ccccc1. The first-order valence-corrected chi connectivity index (χ1v) is 7.28. The highest BCUT2D eigenvalue weighted by molar-refractivity contribution is 9.11. The summed E-state index contributed by atoms with van der Waals surface area (Å²) in [5.41, 5.74) is 2.41. The van der Waals surface area contributed by atoms with Gasteiger partial charge in [0, 0.05) is 14.5 Å². The fourth-order valence-corrected chi connectivity index (χ4v) is 3.88. The molecule has 0 amide bonds. The minimum absolute atomic E-state index is 1.11. The van der Waals surface area contributed by atoms with Crippen LogP contribution in [0.3, 0.4) is 0 Å². The topological polar surface area (TPSA) is 0 Å². The Hall–Kier alpha value is -1.12. The van der Waals surface area contributed by atoms with Gasteiger partial charge in [-0.3, -0.25) is 0 Å². The summed E-state index contributed by atoms with van der Waals surface area (Å²) in [5.74, 6) is 0. The van der Waals surface area contributed by atoms with E-state index < -0.39 is 0 Å². The van der Waals surface area contributed by atoms with Gasteiger partial charge in [-0.25, -0.2) is 0 Å². The normalized spacial score (nSPS) is 10.8. The lowest BCUT2D eigenvalue weighted by Crippen LogP contribution is -1.84. The molecule has 0 heterocycles. The molecule has 0 nitrogen and oxygen atoms in total. The Labute approximate surface area is 123 Å². The van der Waals surface area contributed by atoms with E-state index in [-0.39, 0.29) is 0 Å². The van der Waals surface area contributed by atoms with Crippen molar-refractivity contribution in [3.05, 3.63) is 69.6 Å². The molecule has 2 heteroatoms. The van der Waals surface area contributed by atoms with Crippen LogP contribution < -0.4 is 0 Å². The zero-order valence-corrected chi connectivity index (χ0v) is 12.7. The number of hydrogen-bond donors (Lipinski definition) is 0. The molecule has 0 saturated heterocycles. The van der Waals surface area contributed by atoms with Gasteiger partial charge < -0.3 is 0 Å². The van der Waals surface area contributed by atoms with Gasteiger partial charge in [-0.05, 0) is 38.3 Å². The van der Waals surface area contributed by atoms with E-state index in [0.717, 1.165) is 8.95 Å². The van der Waals surface area contributed by atoms with E-state index in [0.29, 0.717) is 0 Å². The van der Waals surface area contributed by atoms with Crippen molar-refractivity contribution in [1.29, 1.82) is 0 Å². The fourth-order valence-electron chi connectivity index (χ4n) is 2.14. The van der Waals surface area contributed by atoms with Gasteiger partial charge in [0.1, 0.15) is 0 Å². The molecule has 0 fully saturated rings. The summed E-state index contributed by atoms with van der Waals surface area (Å²) in [6.07, 6.45) is 0. The molecule has 18 heavy (non-hydrogen) atoms. The molecule has 0 spiro atoms. The summed E-state index contributed by atoms with van der Waals surface area (Å²) >= 11 is 7.41. The maximum atomic E-state index is 3.74. The zero-order valence-electron chi connectivity index (χ0n) is 9.53. The van der Waals surface area contributed by atoms with Gasteiger partial charge in [0.2, 0.25) is 0 Å². The number of hydrogen-bond acceptors (Lipinski definition) is 0. The van der Waals surface area contributed by atoms with Crippen LogP contribution in [0.4, 0.5) is 0 Å². The minimum Gasteiger partial charge on any atom is -0.0622 e. The van der Waals surface area contributed by atoms with E-state index in [9.17, 15) is 0 Å². The number of fused-ring (bicyclic) bond motifs is 1. The molecule has 3 rings (SSSR count). The third-order valence-electron chi connectivity index (χ3n) is 3.00. The molecule has 0 aliphatic carbocycles. The Morgan fingerprint density at radius 2 is 1.39 bits per heavy atom. The van der Waals surface area contributed by atoms with Gasteiger partial charge >= 0.3 is 0 Å². The van der Waals surface area contributed by atoms with Crippen LogP contribution in [0, 0.1) is 0 Å². The Bertz CT molecular complexity index is 703. The Morgan fingerprint density at radius 3 is 2.17 bits per heavy atom. The molecule has 88 valence electrons. The molecular formula is C16H10Br2. The lowest BCUT2D eigenvalue weighted by atomic mass is 10.0. The number of rotatable bonds is 1. The standard InChI is InChI=1S/C16H10Br2/c17-14-10-12-8-4-5-9-13(12)16(18)15(14)11-6-2-1-3-7-11/h1-10H. The van der Waals surface area contributed by atoms with E-state index in [2.05, 4.69) is 86.5 Å². The highest BCUT2D eigenvalue weighted by Crippen LogP contribution is 2.40. The van der Waals surface area contributed by atoms with E-state index in [1.807, 2.05) is 6.07 Å². The van der Waals surface area contributed by atoms with Gasteiger partial charge in [-0.2, -0.15) is 0 Å². The van der Waals surface area contributed by atoms with Crippen LogP contribution in [-0.4, -0.2) is 0 Å². The summed E-state index contributed by atoms with van der Waals surface area (Å²) in [5, 5.41) is 2.47. The van der Waals surface area contributed by atoms with Crippen molar-refractivity contribution in [2.24, 2.45) is 0 Å². The summed E-state index contributed by atoms with van der Waals surface area (Å²) in [6, 6.07) is 21.0. The van der Waals surface area contributed by atoms with Gasteiger partial charge in [-0.1, -0.05) is 70.5 Å². The summed E-state index contributed by atoms with van der Waals surface area (Å²) in [6.45, 7) is 0. The van der Waals surface area contributed by atoms with Crippen LogP contribution in [-0.2, 0) is 0 Å². The van der Waals surface area contributed by atoms with Crippen LogP contribution in [0.5, 0.6) is 0 Å². The third kappa shape index (κ3) is 2.00. The van der Waals surface area contributed by atoms with Crippen LogP contribution >= 0.6 is 31.9 Å². The second kappa shape index (κ2) is 4.87. The van der Waals surface area contributed by atoms with Gasteiger partial charge in [0.05, 0.1) is 0 Å². The molecule has 0 aromatic heterocycles. The molecule has 0 atom stereocenters. The monoisotopic (exact) mass is 360 g/mol. The van der Waals surface area contributed by atoms with Crippen LogP contribution in [0.25, 0.3) is 21.9 Å². The first-order valence-electron chi connectivity index (χ1n) is 5.69. The van der Waals surface area contributed by atoms with Gasteiger partial charge in [0.15, 0.2) is 0 Å². The predicted octanol–water partition coefficient (Wildman–Crippen LogP) is 6.03. The molecule has 0 unspecified atom stereocenters. The first-order chi connectivity index (χ1) is 8.77. The second-order valence-corrected chi connectivity index (χ2v) is 5.78. The minimum atomic E-state index is 1.11. The highest BCUT2D eigenvalue weighted by Gasteiger charge is 2.11. The molecule has 0 radical (unpaired) electrons.